The number of anilines is 1. The lowest BCUT2D eigenvalue weighted by atomic mass is 9.98. The van der Waals surface area contributed by atoms with Crippen molar-refractivity contribution in [1.82, 2.24) is 10.2 Å². The summed E-state index contributed by atoms with van der Waals surface area (Å²) in [7, 11) is 1.58. The summed E-state index contributed by atoms with van der Waals surface area (Å²) in [5, 5.41) is 5.83. The van der Waals surface area contributed by atoms with Gasteiger partial charge in [-0.05, 0) is 24.3 Å². The summed E-state index contributed by atoms with van der Waals surface area (Å²) in [6.07, 6.45) is 1.17. The molecule has 2 amide bonds. The van der Waals surface area contributed by atoms with Crippen molar-refractivity contribution in [2.45, 2.75) is 18.5 Å². The third-order valence-corrected chi connectivity index (χ3v) is 5.39. The van der Waals surface area contributed by atoms with Crippen LogP contribution in [-0.4, -0.2) is 54.8 Å². The molecule has 7 nitrogen and oxygen atoms in total. The molecule has 156 valence electrons. The van der Waals surface area contributed by atoms with Gasteiger partial charge in [-0.2, -0.15) is 0 Å². The fourth-order valence-electron chi connectivity index (χ4n) is 3.82. The molecule has 0 unspecified atom stereocenters. The zero-order chi connectivity index (χ0) is 21.1. The molecule has 2 heterocycles. The molecule has 2 aromatic carbocycles. The molecule has 0 atom stereocenters. The molecule has 2 N–H and O–H groups in total. The summed E-state index contributed by atoms with van der Waals surface area (Å²) >= 11 is 0. The van der Waals surface area contributed by atoms with E-state index in [0.29, 0.717) is 42.9 Å². The van der Waals surface area contributed by atoms with Gasteiger partial charge in [-0.3, -0.25) is 19.5 Å². The van der Waals surface area contributed by atoms with Crippen molar-refractivity contribution >= 4 is 23.2 Å². The zero-order valence-electron chi connectivity index (χ0n) is 16.7. The minimum atomic E-state index is -0.682. The molecule has 2 aliphatic rings. The molecule has 2 aromatic rings. The Morgan fingerprint density at radius 1 is 1.23 bits per heavy atom. The van der Waals surface area contributed by atoms with Crippen molar-refractivity contribution in [1.29, 1.82) is 0 Å². The molecular weight excluding hydrogens is 387 g/mol. The number of piperidine rings is 1. The van der Waals surface area contributed by atoms with Crippen LogP contribution < -0.4 is 15.4 Å². The fourth-order valence-corrected chi connectivity index (χ4v) is 3.82. The number of ether oxygens (including phenoxy) is 1. The zero-order valence-corrected chi connectivity index (χ0v) is 16.7. The summed E-state index contributed by atoms with van der Waals surface area (Å²) in [4.78, 5) is 31.5. The first-order chi connectivity index (χ1) is 14.5. The number of carbonyl (C=O) groups is 2. The predicted octanol–water partition coefficient (Wildman–Crippen LogP) is 2.18. The van der Waals surface area contributed by atoms with Gasteiger partial charge in [0.25, 0.3) is 5.91 Å². The lowest BCUT2D eigenvalue weighted by Gasteiger charge is -2.36. The van der Waals surface area contributed by atoms with Crippen LogP contribution in [-0.2, 0) is 9.59 Å². The number of benzene rings is 2. The Kier molecular flexibility index (Phi) is 5.50. The molecule has 0 bridgehead atoms. The van der Waals surface area contributed by atoms with Gasteiger partial charge in [-0.15, -0.1) is 0 Å². The fraction of sp³-hybridized carbons (Fsp3) is 0.318. The number of aliphatic imine (C=N–C) groups is 1. The van der Waals surface area contributed by atoms with Crippen molar-refractivity contribution in [3.8, 4) is 5.75 Å². The van der Waals surface area contributed by atoms with Gasteiger partial charge in [0.05, 0.1) is 13.7 Å². The van der Waals surface area contributed by atoms with E-state index in [2.05, 4.69) is 15.6 Å². The van der Waals surface area contributed by atoms with E-state index in [-0.39, 0.29) is 24.1 Å². The number of rotatable bonds is 5. The third kappa shape index (κ3) is 4.33. The van der Waals surface area contributed by atoms with Crippen LogP contribution in [0.2, 0.25) is 0 Å². The van der Waals surface area contributed by atoms with Crippen LogP contribution in [0.25, 0.3) is 0 Å². The van der Waals surface area contributed by atoms with Crippen molar-refractivity contribution in [2.24, 2.45) is 4.99 Å². The predicted molar refractivity (Wildman–Crippen MR) is 111 cm³/mol. The average molecular weight is 410 g/mol. The van der Waals surface area contributed by atoms with Gasteiger partial charge in [-0.25, -0.2) is 4.39 Å². The van der Waals surface area contributed by atoms with Gasteiger partial charge in [0.15, 0.2) is 0 Å². The van der Waals surface area contributed by atoms with E-state index in [9.17, 15) is 14.0 Å². The summed E-state index contributed by atoms with van der Waals surface area (Å²) in [6.45, 7) is 1.49. The van der Waals surface area contributed by atoms with Crippen LogP contribution in [0, 0.1) is 5.82 Å². The molecular formula is C22H23FN4O3. The minimum absolute atomic E-state index is 0.112. The molecule has 1 saturated heterocycles. The van der Waals surface area contributed by atoms with Gasteiger partial charge in [-0.1, -0.05) is 18.2 Å². The first-order valence-corrected chi connectivity index (χ1v) is 9.81. The summed E-state index contributed by atoms with van der Waals surface area (Å²) in [5.41, 5.74) is 0.738. The van der Waals surface area contributed by atoms with Gasteiger partial charge in [0, 0.05) is 43.2 Å². The van der Waals surface area contributed by atoms with Crippen LogP contribution in [0.1, 0.15) is 18.4 Å². The third-order valence-electron chi connectivity index (χ3n) is 5.39. The van der Waals surface area contributed by atoms with Crippen molar-refractivity contribution < 1.29 is 18.7 Å². The normalized spacial score (nSPS) is 18.1. The highest BCUT2D eigenvalue weighted by Crippen LogP contribution is 2.29. The SMILES string of the molecule is COc1cccc(NC(=O)CN2CCC3(CC2)N=C(c2cccc(F)c2)C(=O)N3)c1. The number of likely N-dealkylation sites (tertiary alicyclic amines) is 1. The summed E-state index contributed by atoms with van der Waals surface area (Å²) in [6, 6.07) is 13.1. The number of halogens is 1. The van der Waals surface area contributed by atoms with Gasteiger partial charge < -0.3 is 15.4 Å². The second kappa shape index (κ2) is 8.23. The van der Waals surface area contributed by atoms with Crippen LogP contribution >= 0.6 is 0 Å². The van der Waals surface area contributed by atoms with Gasteiger partial charge in [0.1, 0.15) is 22.9 Å². The summed E-state index contributed by atoms with van der Waals surface area (Å²) in [5.74, 6) is -0.124. The quantitative estimate of drug-likeness (QED) is 0.792. The van der Waals surface area contributed by atoms with E-state index in [1.807, 2.05) is 23.1 Å². The average Bonchev–Trinajstić information content (AvgIpc) is 3.06. The van der Waals surface area contributed by atoms with Crippen molar-refractivity contribution in [3.05, 3.63) is 59.9 Å². The standard InChI is InChI=1S/C22H23FN4O3/c1-30-18-7-3-6-17(13-18)24-19(28)14-27-10-8-22(9-11-27)25-20(21(29)26-22)15-4-2-5-16(23)12-15/h2-7,12-13H,8-11,14H2,1H3,(H,24,28)(H,26,29). The smallest absolute Gasteiger partial charge is 0.272 e. The largest absolute Gasteiger partial charge is 0.497 e. The Bertz CT molecular complexity index is 999. The van der Waals surface area contributed by atoms with E-state index >= 15 is 0 Å². The molecule has 0 radical (unpaired) electrons. The highest BCUT2D eigenvalue weighted by Gasteiger charge is 2.42. The number of hydrogen-bond acceptors (Lipinski definition) is 5. The van der Waals surface area contributed by atoms with Gasteiger partial charge in [0.2, 0.25) is 5.91 Å². The highest BCUT2D eigenvalue weighted by atomic mass is 19.1. The Hall–Kier alpha value is -3.26. The maximum absolute atomic E-state index is 13.5. The maximum Gasteiger partial charge on any atom is 0.272 e. The minimum Gasteiger partial charge on any atom is -0.497 e. The lowest BCUT2D eigenvalue weighted by molar-refractivity contribution is -0.119. The molecule has 0 saturated carbocycles. The van der Waals surface area contributed by atoms with Gasteiger partial charge >= 0.3 is 0 Å². The van der Waals surface area contributed by atoms with Crippen LogP contribution in [0.5, 0.6) is 5.75 Å². The van der Waals surface area contributed by atoms with E-state index < -0.39 is 11.5 Å². The Labute approximate surface area is 173 Å². The lowest BCUT2D eigenvalue weighted by Crippen LogP contribution is -2.52. The Balaban J connectivity index is 1.35. The van der Waals surface area contributed by atoms with E-state index in [1.54, 1.807) is 25.3 Å². The number of hydrogen-bond donors (Lipinski definition) is 2. The monoisotopic (exact) mass is 410 g/mol. The molecule has 4 rings (SSSR count). The molecule has 0 aromatic heterocycles. The Morgan fingerprint density at radius 3 is 2.73 bits per heavy atom. The molecule has 8 heteroatoms. The molecule has 2 aliphatic heterocycles. The maximum atomic E-state index is 13.5. The van der Waals surface area contributed by atoms with Crippen LogP contribution in [0.4, 0.5) is 10.1 Å². The molecule has 0 aliphatic carbocycles. The second-order valence-electron chi connectivity index (χ2n) is 7.51. The highest BCUT2D eigenvalue weighted by molar-refractivity contribution is 6.46. The van der Waals surface area contributed by atoms with E-state index in [1.165, 1.54) is 12.1 Å². The van der Waals surface area contributed by atoms with Crippen molar-refractivity contribution in [2.75, 3.05) is 32.1 Å². The number of nitrogens with one attached hydrogen (secondary N) is 2. The number of nitrogens with zero attached hydrogens (tertiary/aromatic N) is 2. The molecule has 1 spiro atoms. The molecule has 1 fully saturated rings. The first-order valence-electron chi connectivity index (χ1n) is 9.81. The van der Waals surface area contributed by atoms with Crippen LogP contribution in [0.15, 0.2) is 53.5 Å². The molecule has 30 heavy (non-hydrogen) atoms. The van der Waals surface area contributed by atoms with E-state index in [0.717, 1.165) is 0 Å². The van der Waals surface area contributed by atoms with Crippen molar-refractivity contribution in [3.63, 3.8) is 0 Å². The topological polar surface area (TPSA) is 83.0 Å². The number of methoxy groups -OCH3 is 1. The second-order valence-corrected chi connectivity index (χ2v) is 7.51. The number of amides is 2. The van der Waals surface area contributed by atoms with Crippen LogP contribution in [0.3, 0.4) is 0 Å². The summed E-state index contributed by atoms with van der Waals surface area (Å²) < 4.78 is 18.7. The number of carbonyl (C=O) groups excluding carboxylic acids is 2. The van der Waals surface area contributed by atoms with E-state index in [4.69, 9.17) is 4.74 Å². The first kappa shape index (κ1) is 20.0. The Morgan fingerprint density at radius 2 is 2.00 bits per heavy atom.